The highest BCUT2D eigenvalue weighted by molar-refractivity contribution is 7.87. The second-order valence-electron chi connectivity index (χ2n) is 9.60. The number of allylic oxidation sites excluding steroid dienone is 2. The first kappa shape index (κ1) is 22.8. The highest BCUT2D eigenvalue weighted by atomic mass is 32.2. The maximum absolute atomic E-state index is 12.8. The Morgan fingerprint density at radius 2 is 1.06 bits per heavy atom. The first-order valence-electron chi connectivity index (χ1n) is 11.2. The first-order valence-corrected chi connectivity index (χ1v) is 14.0. The lowest BCUT2D eigenvalue weighted by Gasteiger charge is -2.27. The summed E-state index contributed by atoms with van der Waals surface area (Å²) in [5.74, 6) is 0.143. The molecule has 3 aliphatic rings. The van der Waals surface area contributed by atoms with Crippen LogP contribution in [0.3, 0.4) is 0 Å². The summed E-state index contributed by atoms with van der Waals surface area (Å²) in [6, 6.07) is 13.1. The quantitative estimate of drug-likeness (QED) is 0.408. The molecule has 5 rings (SSSR count). The molecular weight excluding hydrogens is 460 g/mol. The van der Waals surface area contributed by atoms with Gasteiger partial charge in [0, 0.05) is 0 Å². The molecule has 33 heavy (non-hydrogen) atoms. The van der Waals surface area contributed by atoms with Crippen LogP contribution in [0.15, 0.2) is 70.5 Å². The average Bonchev–Trinajstić information content (AvgIpc) is 3.44. The predicted molar refractivity (Wildman–Crippen MR) is 123 cm³/mol. The Morgan fingerprint density at radius 3 is 1.39 bits per heavy atom. The second-order valence-corrected chi connectivity index (χ2v) is 12.8. The first-order chi connectivity index (χ1) is 15.6. The minimum atomic E-state index is -3.90. The molecule has 4 atom stereocenters. The molecular formula is C25H28O6S2. The highest BCUT2D eigenvalue weighted by Gasteiger charge is 2.66. The van der Waals surface area contributed by atoms with Crippen LogP contribution in [-0.4, -0.2) is 30.0 Å². The van der Waals surface area contributed by atoms with E-state index in [9.17, 15) is 16.8 Å². The summed E-state index contributed by atoms with van der Waals surface area (Å²) in [5, 5.41) is 0. The van der Waals surface area contributed by atoms with Gasteiger partial charge in [0.25, 0.3) is 20.2 Å². The van der Waals surface area contributed by atoms with Gasteiger partial charge in [-0.1, -0.05) is 47.5 Å². The summed E-state index contributed by atoms with van der Waals surface area (Å²) < 4.78 is 62.0. The number of rotatable bonds is 8. The lowest BCUT2D eigenvalue weighted by atomic mass is 9.84. The van der Waals surface area contributed by atoms with E-state index < -0.39 is 20.2 Å². The van der Waals surface area contributed by atoms with Gasteiger partial charge in [0.2, 0.25) is 0 Å². The summed E-state index contributed by atoms with van der Waals surface area (Å²) in [7, 11) is -7.79. The maximum atomic E-state index is 12.8. The van der Waals surface area contributed by atoms with E-state index in [0.717, 1.165) is 24.0 Å². The SMILES string of the molecule is Cc1ccc(S(=O)(=O)OC[C@@H]2[C@@H](COS(=O)(=O)c3ccc(C)cc3)[C@@H]3C=C[C@@H]2C32CC2)cc1. The summed E-state index contributed by atoms with van der Waals surface area (Å²) in [6.07, 6.45) is 6.46. The van der Waals surface area contributed by atoms with Crippen LogP contribution in [0, 0.1) is 42.9 Å². The number of benzene rings is 2. The molecule has 3 aliphatic carbocycles. The molecule has 8 heteroatoms. The van der Waals surface area contributed by atoms with Gasteiger partial charge in [0.15, 0.2) is 0 Å². The van der Waals surface area contributed by atoms with Crippen molar-refractivity contribution in [1.29, 1.82) is 0 Å². The van der Waals surface area contributed by atoms with E-state index in [1.54, 1.807) is 48.5 Å². The van der Waals surface area contributed by atoms with Crippen molar-refractivity contribution in [2.45, 2.75) is 36.5 Å². The predicted octanol–water partition coefficient (Wildman–Crippen LogP) is 4.24. The van der Waals surface area contributed by atoms with Crippen LogP contribution < -0.4 is 0 Å². The van der Waals surface area contributed by atoms with Gasteiger partial charge in [0.1, 0.15) is 0 Å². The monoisotopic (exact) mass is 488 g/mol. The van der Waals surface area contributed by atoms with E-state index in [2.05, 4.69) is 12.2 Å². The molecule has 0 aliphatic heterocycles. The van der Waals surface area contributed by atoms with Crippen LogP contribution in [0.1, 0.15) is 24.0 Å². The Morgan fingerprint density at radius 1 is 0.697 bits per heavy atom. The molecule has 6 nitrogen and oxygen atoms in total. The molecule has 0 heterocycles. The fourth-order valence-electron chi connectivity index (χ4n) is 5.66. The highest BCUT2D eigenvalue weighted by Crippen LogP contribution is 2.72. The van der Waals surface area contributed by atoms with Crippen LogP contribution >= 0.6 is 0 Å². The molecule has 0 radical (unpaired) electrons. The summed E-state index contributed by atoms with van der Waals surface area (Å²) in [6.45, 7) is 3.82. The van der Waals surface area contributed by atoms with Gasteiger partial charge < -0.3 is 0 Å². The molecule has 1 spiro atoms. The zero-order chi connectivity index (χ0) is 23.4. The third-order valence-corrected chi connectivity index (χ3v) is 10.2. The number of hydrogen-bond acceptors (Lipinski definition) is 6. The summed E-state index contributed by atoms with van der Waals surface area (Å²) in [5.41, 5.74) is 2.05. The normalized spacial score (nSPS) is 27.3. The summed E-state index contributed by atoms with van der Waals surface area (Å²) >= 11 is 0. The molecule has 2 aromatic carbocycles. The van der Waals surface area contributed by atoms with E-state index in [4.69, 9.17) is 8.37 Å². The molecule has 0 aromatic heterocycles. The molecule has 2 fully saturated rings. The fraction of sp³-hybridized carbons (Fsp3) is 0.440. The molecule has 0 N–H and O–H groups in total. The Balaban J connectivity index is 1.32. The smallest absolute Gasteiger partial charge is 0.266 e. The Kier molecular flexibility index (Phi) is 5.55. The van der Waals surface area contributed by atoms with Crippen molar-refractivity contribution in [1.82, 2.24) is 0 Å². The third kappa shape index (κ3) is 4.07. The van der Waals surface area contributed by atoms with Gasteiger partial charge >= 0.3 is 0 Å². The molecule has 2 bridgehead atoms. The molecule has 0 amide bonds. The van der Waals surface area contributed by atoms with Gasteiger partial charge in [-0.15, -0.1) is 0 Å². The van der Waals surface area contributed by atoms with Gasteiger partial charge in [-0.3, -0.25) is 8.37 Å². The van der Waals surface area contributed by atoms with Crippen molar-refractivity contribution in [2.24, 2.45) is 29.1 Å². The van der Waals surface area contributed by atoms with E-state index in [1.165, 1.54) is 0 Å². The molecule has 2 aromatic rings. The minimum absolute atomic E-state index is 0.0159. The zero-order valence-corrected chi connectivity index (χ0v) is 20.3. The van der Waals surface area contributed by atoms with Crippen molar-refractivity contribution in [2.75, 3.05) is 13.2 Å². The van der Waals surface area contributed by atoms with Gasteiger partial charge in [0.05, 0.1) is 23.0 Å². The van der Waals surface area contributed by atoms with Crippen LogP contribution in [0.5, 0.6) is 0 Å². The lowest BCUT2D eigenvalue weighted by molar-refractivity contribution is 0.138. The molecule has 176 valence electrons. The van der Waals surface area contributed by atoms with Crippen molar-refractivity contribution in [3.8, 4) is 0 Å². The fourth-order valence-corrected chi connectivity index (χ4v) is 7.55. The second kappa shape index (κ2) is 8.05. The van der Waals surface area contributed by atoms with Crippen molar-refractivity contribution >= 4 is 20.2 Å². The summed E-state index contributed by atoms with van der Waals surface area (Å²) in [4.78, 5) is 0.255. The van der Waals surface area contributed by atoms with E-state index in [0.29, 0.717) is 0 Å². The van der Waals surface area contributed by atoms with Gasteiger partial charge in [-0.25, -0.2) is 0 Å². The van der Waals surface area contributed by atoms with E-state index >= 15 is 0 Å². The number of aryl methyl sites for hydroxylation is 2. The molecule has 0 unspecified atom stereocenters. The average molecular weight is 489 g/mol. The van der Waals surface area contributed by atoms with Crippen LogP contribution in [0.25, 0.3) is 0 Å². The largest absolute Gasteiger partial charge is 0.296 e. The van der Waals surface area contributed by atoms with Crippen molar-refractivity contribution in [3.63, 3.8) is 0 Å². The Bertz CT molecular complexity index is 1180. The van der Waals surface area contributed by atoms with Crippen LogP contribution in [0.2, 0.25) is 0 Å². The van der Waals surface area contributed by atoms with Crippen LogP contribution in [0.4, 0.5) is 0 Å². The topological polar surface area (TPSA) is 86.7 Å². The standard InChI is InChI=1S/C25H28O6S2/c1-17-3-7-19(8-4-17)32(26,27)30-15-21-22(24-12-11-23(21)25(24)13-14-25)16-31-33(28,29)20-9-5-18(2)6-10-20/h3-12,21-24H,13-16H2,1-2H3/t21-,22-,23+,24+/m1/s1. The minimum Gasteiger partial charge on any atom is -0.266 e. The van der Waals surface area contributed by atoms with E-state index in [1.807, 2.05) is 13.8 Å². The molecule has 2 saturated carbocycles. The zero-order valence-electron chi connectivity index (χ0n) is 18.7. The van der Waals surface area contributed by atoms with Gasteiger partial charge in [-0.05, 0) is 80.0 Å². The third-order valence-electron chi connectivity index (χ3n) is 7.60. The van der Waals surface area contributed by atoms with Gasteiger partial charge in [-0.2, -0.15) is 16.8 Å². The van der Waals surface area contributed by atoms with E-state index in [-0.39, 0.29) is 52.1 Å². The Hall–Kier alpha value is -2.00. The molecule has 0 saturated heterocycles. The Labute approximate surface area is 195 Å². The van der Waals surface area contributed by atoms with Crippen molar-refractivity contribution < 1.29 is 25.2 Å². The maximum Gasteiger partial charge on any atom is 0.296 e. The lowest BCUT2D eigenvalue weighted by Crippen LogP contribution is -2.30. The number of hydrogen-bond donors (Lipinski definition) is 0. The van der Waals surface area contributed by atoms with Crippen LogP contribution in [-0.2, 0) is 28.6 Å². The van der Waals surface area contributed by atoms with Crippen molar-refractivity contribution in [3.05, 3.63) is 71.8 Å².